The maximum atomic E-state index is 12.6. The number of benzene rings is 3. The summed E-state index contributed by atoms with van der Waals surface area (Å²) in [6, 6.07) is 29.4. The number of ether oxygens (including phenoxy) is 5. The van der Waals surface area contributed by atoms with Crippen LogP contribution in [0.2, 0.25) is 0 Å². The highest BCUT2D eigenvalue weighted by atomic mass is 16.7. The molecule has 0 spiro atoms. The van der Waals surface area contributed by atoms with Crippen molar-refractivity contribution in [3.63, 3.8) is 0 Å². The van der Waals surface area contributed by atoms with Gasteiger partial charge in [0.1, 0.15) is 30.5 Å². The summed E-state index contributed by atoms with van der Waals surface area (Å²) >= 11 is 0. The van der Waals surface area contributed by atoms with Crippen LogP contribution in [-0.4, -0.2) is 49.3 Å². The Morgan fingerprint density at radius 3 is 1.78 bits per heavy atom. The molecule has 2 aliphatic heterocycles. The van der Waals surface area contributed by atoms with E-state index in [0.29, 0.717) is 19.8 Å². The molecule has 0 aromatic heterocycles. The van der Waals surface area contributed by atoms with E-state index in [4.69, 9.17) is 23.7 Å². The molecule has 0 saturated carbocycles. The van der Waals surface area contributed by atoms with Crippen molar-refractivity contribution in [2.75, 3.05) is 6.61 Å². The summed E-state index contributed by atoms with van der Waals surface area (Å²) in [6.45, 7) is 3.19. The van der Waals surface area contributed by atoms with E-state index in [1.54, 1.807) is 6.92 Å². The van der Waals surface area contributed by atoms with Gasteiger partial charge in [0, 0.05) is 0 Å². The second kappa shape index (κ2) is 12.4. The van der Waals surface area contributed by atoms with Crippen molar-refractivity contribution in [2.45, 2.75) is 63.5 Å². The maximum absolute atomic E-state index is 12.6. The van der Waals surface area contributed by atoms with Gasteiger partial charge in [-0.3, -0.25) is 4.79 Å². The van der Waals surface area contributed by atoms with E-state index in [1.807, 2.05) is 91.0 Å². The molecule has 1 amide bonds. The van der Waals surface area contributed by atoms with Gasteiger partial charge in [-0.15, -0.1) is 0 Å². The van der Waals surface area contributed by atoms with Crippen LogP contribution >= 0.6 is 0 Å². The highest BCUT2D eigenvalue weighted by molar-refractivity contribution is 5.81. The molecule has 1 N–H and O–H groups in total. The van der Waals surface area contributed by atoms with Crippen LogP contribution in [-0.2, 0) is 48.3 Å². The first-order chi connectivity index (χ1) is 18.2. The number of nitrogens with one attached hydrogen (secondary N) is 1. The molecule has 2 heterocycles. The van der Waals surface area contributed by atoms with Crippen LogP contribution in [0.1, 0.15) is 23.6 Å². The van der Waals surface area contributed by atoms with Crippen LogP contribution in [0.25, 0.3) is 0 Å². The number of carbonyl (C=O) groups excluding carboxylic acids is 1. The Hall–Kier alpha value is -3.07. The smallest absolute Gasteiger partial charge is 0.249 e. The highest BCUT2D eigenvalue weighted by Crippen LogP contribution is 2.31. The number of hydrogen-bond donors (Lipinski definition) is 1. The predicted molar refractivity (Wildman–Crippen MR) is 137 cm³/mol. The normalized spacial score (nSPS) is 27.3. The molecule has 3 aromatic carbocycles. The van der Waals surface area contributed by atoms with Gasteiger partial charge >= 0.3 is 0 Å². The molecule has 37 heavy (non-hydrogen) atoms. The van der Waals surface area contributed by atoms with Crippen LogP contribution < -0.4 is 5.32 Å². The van der Waals surface area contributed by atoms with Gasteiger partial charge in [0.2, 0.25) is 5.91 Å². The average molecular weight is 504 g/mol. The van der Waals surface area contributed by atoms with Crippen molar-refractivity contribution in [3.8, 4) is 0 Å². The van der Waals surface area contributed by atoms with Gasteiger partial charge in [-0.1, -0.05) is 91.0 Å². The molecular formula is C30H33NO6. The van der Waals surface area contributed by atoms with E-state index in [9.17, 15) is 4.79 Å². The molecule has 7 nitrogen and oxygen atoms in total. The summed E-state index contributed by atoms with van der Waals surface area (Å²) in [5, 5.41) is 3.05. The maximum Gasteiger partial charge on any atom is 0.249 e. The number of rotatable bonds is 10. The van der Waals surface area contributed by atoms with E-state index < -0.39 is 36.7 Å². The van der Waals surface area contributed by atoms with Crippen molar-refractivity contribution < 1.29 is 28.5 Å². The van der Waals surface area contributed by atoms with Crippen LogP contribution in [0.5, 0.6) is 0 Å². The van der Waals surface area contributed by atoms with Crippen molar-refractivity contribution in [3.05, 3.63) is 108 Å². The van der Waals surface area contributed by atoms with Gasteiger partial charge in [0.25, 0.3) is 0 Å². The lowest BCUT2D eigenvalue weighted by molar-refractivity contribution is -0.305. The number of hydrogen-bond acceptors (Lipinski definition) is 6. The zero-order valence-corrected chi connectivity index (χ0v) is 20.9. The Morgan fingerprint density at radius 2 is 1.22 bits per heavy atom. The quantitative estimate of drug-likeness (QED) is 0.451. The third-order valence-corrected chi connectivity index (χ3v) is 6.63. The number of fused-ring (bicyclic) bond motifs is 1. The van der Waals surface area contributed by atoms with Crippen molar-refractivity contribution in [1.82, 2.24) is 5.32 Å². The van der Waals surface area contributed by atoms with E-state index >= 15 is 0 Å². The van der Waals surface area contributed by atoms with Crippen LogP contribution in [0.15, 0.2) is 91.0 Å². The van der Waals surface area contributed by atoms with Crippen LogP contribution in [0, 0.1) is 0 Å². The molecule has 2 aliphatic rings. The lowest BCUT2D eigenvalue weighted by Crippen LogP contribution is -2.70. The van der Waals surface area contributed by atoms with Gasteiger partial charge in [0.15, 0.2) is 6.29 Å². The number of carbonyl (C=O) groups is 1. The molecule has 2 saturated heterocycles. The molecule has 0 aliphatic carbocycles. The zero-order valence-electron chi connectivity index (χ0n) is 20.9. The molecule has 194 valence electrons. The summed E-state index contributed by atoms with van der Waals surface area (Å²) in [4.78, 5) is 12.6. The molecule has 0 radical (unpaired) electrons. The van der Waals surface area contributed by atoms with Crippen LogP contribution in [0.3, 0.4) is 0 Å². The van der Waals surface area contributed by atoms with Crippen LogP contribution in [0.4, 0.5) is 0 Å². The highest BCUT2D eigenvalue weighted by Gasteiger charge is 2.51. The van der Waals surface area contributed by atoms with Crippen molar-refractivity contribution >= 4 is 5.91 Å². The molecule has 5 rings (SSSR count). The standard InChI is InChI=1S/C30H33NO6/c1-21-29(32)31-26-28(35-19-24-15-9-4-10-16-24)27(34-18-23-13-7-3-8-14-23)25(37-30(26)36-21)20-33-17-22-11-5-2-6-12-22/h2-16,21,25-28,30H,17-20H2,1H3,(H,31,32)/t21-,25-,26-,27-,28-,30-/m1/s1. The molecule has 6 atom stereocenters. The first kappa shape index (κ1) is 25.6. The zero-order chi connectivity index (χ0) is 25.5. The first-order valence-electron chi connectivity index (χ1n) is 12.7. The second-order valence-corrected chi connectivity index (χ2v) is 9.38. The number of morpholine rings is 1. The van der Waals surface area contributed by atoms with Gasteiger partial charge in [-0.05, 0) is 23.6 Å². The SMILES string of the molecule is C[C@H]1O[C@@H]2O[C@H](COCc3ccccc3)[C@@H](OCc3ccccc3)[C@H](OCc3ccccc3)[C@H]2NC1=O. The van der Waals surface area contributed by atoms with E-state index in [-0.39, 0.29) is 12.5 Å². The Kier molecular flexibility index (Phi) is 8.61. The topological polar surface area (TPSA) is 75.2 Å². The minimum Gasteiger partial charge on any atom is -0.374 e. The largest absolute Gasteiger partial charge is 0.374 e. The average Bonchev–Trinajstić information content (AvgIpc) is 2.93. The Morgan fingerprint density at radius 1 is 0.703 bits per heavy atom. The molecule has 7 heteroatoms. The van der Waals surface area contributed by atoms with E-state index in [0.717, 1.165) is 16.7 Å². The number of amides is 1. The van der Waals surface area contributed by atoms with E-state index in [2.05, 4.69) is 5.32 Å². The molecule has 0 bridgehead atoms. The predicted octanol–water partition coefficient (Wildman–Crippen LogP) is 4.00. The fourth-order valence-electron chi connectivity index (χ4n) is 4.65. The summed E-state index contributed by atoms with van der Waals surface area (Å²) in [6.07, 6.45) is -2.77. The molecule has 2 fully saturated rings. The monoisotopic (exact) mass is 503 g/mol. The van der Waals surface area contributed by atoms with Crippen molar-refractivity contribution in [2.24, 2.45) is 0 Å². The summed E-state index contributed by atoms with van der Waals surface area (Å²) < 4.78 is 31.3. The third kappa shape index (κ3) is 6.63. The lowest BCUT2D eigenvalue weighted by Gasteiger charge is -2.48. The minimum atomic E-state index is -0.671. The Labute approximate surface area is 217 Å². The van der Waals surface area contributed by atoms with Gasteiger partial charge in [0.05, 0.1) is 26.4 Å². The Balaban J connectivity index is 1.36. The van der Waals surface area contributed by atoms with Gasteiger partial charge in [-0.25, -0.2) is 0 Å². The fourth-order valence-corrected chi connectivity index (χ4v) is 4.65. The molecular weight excluding hydrogens is 470 g/mol. The van der Waals surface area contributed by atoms with Gasteiger partial charge < -0.3 is 29.0 Å². The minimum absolute atomic E-state index is 0.196. The fraction of sp³-hybridized carbons (Fsp3) is 0.367. The van der Waals surface area contributed by atoms with Gasteiger partial charge in [-0.2, -0.15) is 0 Å². The summed E-state index contributed by atoms with van der Waals surface area (Å²) in [7, 11) is 0. The van der Waals surface area contributed by atoms with E-state index in [1.165, 1.54) is 0 Å². The first-order valence-corrected chi connectivity index (χ1v) is 12.7. The second-order valence-electron chi connectivity index (χ2n) is 9.38. The molecule has 3 aromatic rings. The van der Waals surface area contributed by atoms with Crippen molar-refractivity contribution in [1.29, 1.82) is 0 Å². The summed E-state index contributed by atoms with van der Waals surface area (Å²) in [5.41, 5.74) is 3.14. The Bertz CT molecular complexity index is 1110. The lowest BCUT2D eigenvalue weighted by atomic mass is 9.94. The summed E-state index contributed by atoms with van der Waals surface area (Å²) in [5.74, 6) is -0.196. The molecule has 0 unspecified atom stereocenters. The third-order valence-electron chi connectivity index (χ3n) is 6.63.